The van der Waals surface area contributed by atoms with Gasteiger partial charge in [0.25, 0.3) is 0 Å². The molecule has 0 saturated heterocycles. The molecule has 2 N–H and O–H groups in total. The number of nitrogens with two attached hydrogens (primary N) is 1. The summed E-state index contributed by atoms with van der Waals surface area (Å²) in [5.41, 5.74) is 5.85. The van der Waals surface area contributed by atoms with E-state index >= 15 is 0 Å². The highest BCUT2D eigenvalue weighted by Crippen LogP contribution is 2.28. The normalized spacial score (nSPS) is 16.4. The highest BCUT2D eigenvalue weighted by Gasteiger charge is 2.18. The van der Waals surface area contributed by atoms with Crippen LogP contribution in [0.2, 0.25) is 0 Å². The summed E-state index contributed by atoms with van der Waals surface area (Å²) in [7, 11) is 0. The lowest BCUT2D eigenvalue weighted by molar-refractivity contribution is 0.239. The van der Waals surface area contributed by atoms with Crippen molar-refractivity contribution in [2.75, 3.05) is 6.61 Å². The zero-order valence-electron chi connectivity index (χ0n) is 9.72. The Morgan fingerprint density at radius 3 is 2.59 bits per heavy atom. The summed E-state index contributed by atoms with van der Waals surface area (Å²) in [6, 6.07) is 2.07. The minimum absolute atomic E-state index is 0.0781. The fourth-order valence-electron chi connectivity index (χ4n) is 2.31. The minimum Gasteiger partial charge on any atom is -0.490 e. The molecule has 0 unspecified atom stereocenters. The second kappa shape index (κ2) is 5.45. The zero-order valence-corrected chi connectivity index (χ0v) is 9.72. The lowest BCUT2D eigenvalue weighted by Gasteiger charge is -2.14. The van der Waals surface area contributed by atoms with Gasteiger partial charge in [0, 0.05) is 18.2 Å². The summed E-state index contributed by atoms with van der Waals surface area (Å²) >= 11 is 0. The second-order valence-electron chi connectivity index (χ2n) is 4.54. The van der Waals surface area contributed by atoms with Crippen molar-refractivity contribution in [2.24, 2.45) is 11.7 Å². The molecule has 0 heterocycles. The lowest BCUT2D eigenvalue weighted by atomic mass is 10.1. The van der Waals surface area contributed by atoms with Crippen LogP contribution in [0.3, 0.4) is 0 Å². The number of halogens is 2. The van der Waals surface area contributed by atoms with Gasteiger partial charge < -0.3 is 10.5 Å². The Labute approximate surface area is 99.8 Å². The Balaban J connectivity index is 2.08. The Kier molecular flexibility index (Phi) is 3.94. The van der Waals surface area contributed by atoms with E-state index in [0.717, 1.165) is 18.9 Å². The van der Waals surface area contributed by atoms with E-state index in [1.54, 1.807) is 0 Å². The van der Waals surface area contributed by atoms with Gasteiger partial charge in [0.1, 0.15) is 5.82 Å². The Morgan fingerprint density at radius 2 is 1.94 bits per heavy atom. The van der Waals surface area contributed by atoms with Crippen LogP contribution in [0.5, 0.6) is 5.75 Å². The number of hydrogen-bond donors (Lipinski definition) is 1. The van der Waals surface area contributed by atoms with Crippen molar-refractivity contribution in [3.8, 4) is 5.75 Å². The van der Waals surface area contributed by atoms with Crippen molar-refractivity contribution >= 4 is 0 Å². The Hall–Kier alpha value is -1.16. The van der Waals surface area contributed by atoms with E-state index in [9.17, 15) is 8.78 Å². The highest BCUT2D eigenvalue weighted by atomic mass is 19.1. The predicted octanol–water partition coefficient (Wildman–Crippen LogP) is 2.99. The molecule has 1 aromatic rings. The first-order chi connectivity index (χ1) is 8.20. The van der Waals surface area contributed by atoms with Crippen LogP contribution in [-0.2, 0) is 6.54 Å². The monoisotopic (exact) mass is 241 g/mol. The molecule has 1 saturated carbocycles. The lowest BCUT2D eigenvalue weighted by Crippen LogP contribution is -2.12. The molecule has 0 amide bonds. The van der Waals surface area contributed by atoms with Crippen LogP contribution < -0.4 is 10.5 Å². The minimum atomic E-state index is -0.663. The van der Waals surface area contributed by atoms with Gasteiger partial charge in [-0.25, -0.2) is 8.78 Å². The molecule has 0 atom stereocenters. The predicted molar refractivity (Wildman–Crippen MR) is 61.7 cm³/mol. The number of rotatable bonds is 4. The number of hydrogen-bond acceptors (Lipinski definition) is 2. The summed E-state index contributed by atoms with van der Waals surface area (Å²) in [6.07, 6.45) is 4.68. The van der Waals surface area contributed by atoms with Gasteiger partial charge in [-0.3, -0.25) is 0 Å². The molecule has 0 radical (unpaired) electrons. The molecule has 0 spiro atoms. The maximum atomic E-state index is 13.6. The Morgan fingerprint density at radius 1 is 1.24 bits per heavy atom. The first kappa shape index (κ1) is 12.3. The van der Waals surface area contributed by atoms with Gasteiger partial charge in [0.15, 0.2) is 11.6 Å². The third-order valence-electron chi connectivity index (χ3n) is 3.24. The van der Waals surface area contributed by atoms with Crippen LogP contribution in [0.15, 0.2) is 12.1 Å². The molecule has 0 aliphatic heterocycles. The van der Waals surface area contributed by atoms with Crippen molar-refractivity contribution in [2.45, 2.75) is 32.2 Å². The molecule has 2 rings (SSSR count). The largest absolute Gasteiger partial charge is 0.490 e. The van der Waals surface area contributed by atoms with Crippen molar-refractivity contribution in [3.63, 3.8) is 0 Å². The standard InChI is InChI=1S/C13H17F2NO/c14-11-5-10(7-16)13(12(15)6-11)17-8-9-3-1-2-4-9/h5-6,9H,1-4,7-8,16H2. The molecule has 1 aromatic carbocycles. The molecule has 0 aromatic heterocycles. The van der Waals surface area contributed by atoms with Crippen molar-refractivity contribution < 1.29 is 13.5 Å². The second-order valence-corrected chi connectivity index (χ2v) is 4.54. The van der Waals surface area contributed by atoms with Crippen LogP contribution in [-0.4, -0.2) is 6.61 Å². The molecular formula is C13H17F2NO. The summed E-state index contributed by atoms with van der Waals surface area (Å²) in [6.45, 7) is 0.574. The summed E-state index contributed by atoms with van der Waals surface area (Å²) in [5.74, 6) is -0.675. The third kappa shape index (κ3) is 2.94. The molecule has 1 aliphatic rings. The quantitative estimate of drug-likeness (QED) is 0.879. The number of ether oxygens (including phenoxy) is 1. The molecule has 0 bridgehead atoms. The van der Waals surface area contributed by atoms with Gasteiger partial charge in [-0.15, -0.1) is 0 Å². The van der Waals surface area contributed by atoms with E-state index in [1.807, 2.05) is 0 Å². The molecule has 1 aliphatic carbocycles. The SMILES string of the molecule is NCc1cc(F)cc(F)c1OCC1CCCC1. The molecule has 1 fully saturated rings. The highest BCUT2D eigenvalue weighted by molar-refractivity contribution is 5.35. The van der Waals surface area contributed by atoms with Crippen LogP contribution >= 0.6 is 0 Å². The maximum absolute atomic E-state index is 13.6. The van der Waals surface area contributed by atoms with Crippen LogP contribution in [0.4, 0.5) is 8.78 Å². The van der Waals surface area contributed by atoms with Crippen molar-refractivity contribution in [1.82, 2.24) is 0 Å². The van der Waals surface area contributed by atoms with Gasteiger partial charge in [0.2, 0.25) is 0 Å². The fourth-order valence-corrected chi connectivity index (χ4v) is 2.31. The zero-order chi connectivity index (χ0) is 12.3. The van der Waals surface area contributed by atoms with Gasteiger partial charge in [0.05, 0.1) is 6.61 Å². The van der Waals surface area contributed by atoms with E-state index in [-0.39, 0.29) is 12.3 Å². The van der Waals surface area contributed by atoms with E-state index in [4.69, 9.17) is 10.5 Å². The van der Waals surface area contributed by atoms with Crippen molar-refractivity contribution in [1.29, 1.82) is 0 Å². The van der Waals surface area contributed by atoms with E-state index in [0.29, 0.717) is 18.1 Å². The molecule has 17 heavy (non-hydrogen) atoms. The number of benzene rings is 1. The fraction of sp³-hybridized carbons (Fsp3) is 0.538. The third-order valence-corrected chi connectivity index (χ3v) is 3.24. The van der Waals surface area contributed by atoms with Crippen LogP contribution in [0.1, 0.15) is 31.2 Å². The molecular weight excluding hydrogens is 224 g/mol. The first-order valence-electron chi connectivity index (χ1n) is 6.01. The van der Waals surface area contributed by atoms with Crippen molar-refractivity contribution in [3.05, 3.63) is 29.3 Å². The maximum Gasteiger partial charge on any atom is 0.168 e. The van der Waals surface area contributed by atoms with Gasteiger partial charge in [-0.2, -0.15) is 0 Å². The average molecular weight is 241 g/mol. The van der Waals surface area contributed by atoms with Gasteiger partial charge in [-0.1, -0.05) is 12.8 Å². The molecule has 4 heteroatoms. The summed E-state index contributed by atoms with van der Waals surface area (Å²) in [5, 5.41) is 0. The average Bonchev–Trinajstić information content (AvgIpc) is 2.79. The molecule has 94 valence electrons. The summed E-state index contributed by atoms with van der Waals surface area (Å²) < 4.78 is 32.0. The van der Waals surface area contributed by atoms with Gasteiger partial charge >= 0.3 is 0 Å². The van der Waals surface area contributed by atoms with E-state index in [1.165, 1.54) is 18.9 Å². The van der Waals surface area contributed by atoms with E-state index in [2.05, 4.69) is 0 Å². The van der Waals surface area contributed by atoms with Crippen LogP contribution in [0.25, 0.3) is 0 Å². The van der Waals surface area contributed by atoms with E-state index < -0.39 is 11.6 Å². The van der Waals surface area contributed by atoms with Gasteiger partial charge in [-0.05, 0) is 24.8 Å². The Bertz CT molecular complexity index is 389. The topological polar surface area (TPSA) is 35.2 Å². The smallest absolute Gasteiger partial charge is 0.168 e. The first-order valence-corrected chi connectivity index (χ1v) is 6.01. The summed E-state index contributed by atoms with van der Waals surface area (Å²) in [4.78, 5) is 0. The van der Waals surface area contributed by atoms with Crippen LogP contribution in [0, 0.1) is 17.6 Å². The molecule has 2 nitrogen and oxygen atoms in total.